The molecule has 1 aliphatic rings. The highest BCUT2D eigenvalue weighted by atomic mass is 16.5. The smallest absolute Gasteiger partial charge is 0.124 e. The van der Waals surface area contributed by atoms with Crippen molar-refractivity contribution in [2.75, 3.05) is 25.2 Å². The molecule has 5 nitrogen and oxygen atoms in total. The van der Waals surface area contributed by atoms with Gasteiger partial charge in [0.25, 0.3) is 0 Å². The van der Waals surface area contributed by atoms with Gasteiger partial charge in [0, 0.05) is 24.2 Å². The number of methoxy groups -OCH3 is 1. The van der Waals surface area contributed by atoms with Crippen molar-refractivity contribution in [3.8, 4) is 5.75 Å². The van der Waals surface area contributed by atoms with Crippen LogP contribution in [0, 0.1) is 5.41 Å². The first-order valence-electron chi connectivity index (χ1n) is 6.43. The quantitative estimate of drug-likeness (QED) is 0.642. The number of hydrogen-bond donors (Lipinski definition) is 2. The molecule has 19 heavy (non-hydrogen) atoms. The number of nitrogen functional groups attached to an aromatic ring is 1. The fourth-order valence-electron chi connectivity index (χ4n) is 2.34. The first-order valence-corrected chi connectivity index (χ1v) is 6.43. The SMILES string of the molecule is COc1ccc(C(=N)N)c(N2CC(C)OCC2C)c1. The predicted octanol–water partition coefficient (Wildman–Crippen LogP) is 1.59. The molecule has 1 aromatic carbocycles. The predicted molar refractivity (Wildman–Crippen MR) is 76.2 cm³/mol. The maximum absolute atomic E-state index is 7.72. The number of morpholine rings is 1. The lowest BCUT2D eigenvalue weighted by Gasteiger charge is -2.39. The lowest BCUT2D eigenvalue weighted by atomic mass is 10.1. The third kappa shape index (κ3) is 2.81. The van der Waals surface area contributed by atoms with Gasteiger partial charge in [0.15, 0.2) is 0 Å². The summed E-state index contributed by atoms with van der Waals surface area (Å²) in [5.41, 5.74) is 7.35. The maximum atomic E-state index is 7.72. The summed E-state index contributed by atoms with van der Waals surface area (Å²) in [6.07, 6.45) is 0.169. The minimum Gasteiger partial charge on any atom is -0.497 e. The van der Waals surface area contributed by atoms with E-state index in [4.69, 9.17) is 20.6 Å². The molecular weight excluding hydrogens is 242 g/mol. The number of nitrogens with one attached hydrogen (secondary N) is 1. The summed E-state index contributed by atoms with van der Waals surface area (Å²) in [5.74, 6) is 0.843. The van der Waals surface area contributed by atoms with Crippen LogP contribution in [0.3, 0.4) is 0 Å². The first-order chi connectivity index (χ1) is 9.02. The minimum atomic E-state index is 0.0731. The highest BCUT2D eigenvalue weighted by Gasteiger charge is 2.26. The van der Waals surface area contributed by atoms with Crippen LogP contribution < -0.4 is 15.4 Å². The van der Waals surface area contributed by atoms with E-state index in [1.54, 1.807) is 7.11 Å². The maximum Gasteiger partial charge on any atom is 0.124 e. The molecule has 0 aliphatic carbocycles. The molecule has 0 bridgehead atoms. The Labute approximate surface area is 113 Å². The summed E-state index contributed by atoms with van der Waals surface area (Å²) in [4.78, 5) is 2.23. The Balaban J connectivity index is 2.42. The Morgan fingerprint density at radius 1 is 1.47 bits per heavy atom. The van der Waals surface area contributed by atoms with E-state index in [0.717, 1.165) is 23.5 Å². The first kappa shape index (κ1) is 13.7. The van der Waals surface area contributed by atoms with Crippen LogP contribution in [0.15, 0.2) is 18.2 Å². The molecular formula is C14H21N3O2. The van der Waals surface area contributed by atoms with Gasteiger partial charge in [0.1, 0.15) is 11.6 Å². The second kappa shape index (κ2) is 5.48. The van der Waals surface area contributed by atoms with E-state index in [0.29, 0.717) is 6.61 Å². The molecule has 0 saturated carbocycles. The molecule has 2 rings (SSSR count). The summed E-state index contributed by atoms with van der Waals surface area (Å²) in [6.45, 7) is 5.62. The zero-order chi connectivity index (χ0) is 14.0. The number of ether oxygens (including phenoxy) is 2. The molecule has 5 heteroatoms. The Bertz CT molecular complexity index is 476. The van der Waals surface area contributed by atoms with Gasteiger partial charge in [0.05, 0.1) is 25.5 Å². The van der Waals surface area contributed by atoms with Crippen LogP contribution in [0.25, 0.3) is 0 Å². The number of nitrogens with two attached hydrogens (primary N) is 1. The van der Waals surface area contributed by atoms with E-state index in [-0.39, 0.29) is 18.0 Å². The Morgan fingerprint density at radius 2 is 2.21 bits per heavy atom. The fourth-order valence-corrected chi connectivity index (χ4v) is 2.34. The molecule has 1 heterocycles. The van der Waals surface area contributed by atoms with Crippen LogP contribution in [0.4, 0.5) is 5.69 Å². The highest BCUT2D eigenvalue weighted by molar-refractivity contribution is 6.00. The number of anilines is 1. The average molecular weight is 263 g/mol. The van der Waals surface area contributed by atoms with Crippen LogP contribution in [0.5, 0.6) is 5.75 Å². The Hall–Kier alpha value is -1.75. The molecule has 1 aromatic rings. The van der Waals surface area contributed by atoms with Crippen LogP contribution in [-0.4, -0.2) is 38.2 Å². The van der Waals surface area contributed by atoms with Crippen LogP contribution in [0.1, 0.15) is 19.4 Å². The van der Waals surface area contributed by atoms with Gasteiger partial charge in [-0.15, -0.1) is 0 Å². The van der Waals surface area contributed by atoms with Crippen molar-refractivity contribution in [1.82, 2.24) is 0 Å². The lowest BCUT2D eigenvalue weighted by Crippen LogP contribution is -2.48. The normalized spacial score (nSPS) is 23.2. The van der Waals surface area contributed by atoms with Crippen molar-refractivity contribution < 1.29 is 9.47 Å². The van der Waals surface area contributed by atoms with E-state index >= 15 is 0 Å². The lowest BCUT2D eigenvalue weighted by molar-refractivity contribution is 0.0343. The molecule has 104 valence electrons. The number of rotatable bonds is 3. The van der Waals surface area contributed by atoms with E-state index in [1.165, 1.54) is 0 Å². The number of hydrogen-bond acceptors (Lipinski definition) is 4. The Morgan fingerprint density at radius 3 is 2.84 bits per heavy atom. The van der Waals surface area contributed by atoms with Gasteiger partial charge >= 0.3 is 0 Å². The zero-order valence-electron chi connectivity index (χ0n) is 11.6. The van der Waals surface area contributed by atoms with Gasteiger partial charge in [-0.2, -0.15) is 0 Å². The molecule has 2 atom stereocenters. The van der Waals surface area contributed by atoms with E-state index in [2.05, 4.69) is 11.8 Å². The average Bonchev–Trinajstić information content (AvgIpc) is 2.40. The van der Waals surface area contributed by atoms with Crippen molar-refractivity contribution in [3.05, 3.63) is 23.8 Å². The number of amidine groups is 1. The van der Waals surface area contributed by atoms with Gasteiger partial charge in [-0.1, -0.05) is 0 Å². The van der Waals surface area contributed by atoms with Crippen molar-refractivity contribution in [2.24, 2.45) is 5.73 Å². The van der Waals surface area contributed by atoms with Gasteiger partial charge in [-0.25, -0.2) is 0 Å². The van der Waals surface area contributed by atoms with Crippen molar-refractivity contribution in [2.45, 2.75) is 26.0 Å². The molecule has 1 fully saturated rings. The molecule has 0 amide bonds. The molecule has 0 radical (unpaired) electrons. The molecule has 1 saturated heterocycles. The topological polar surface area (TPSA) is 71.6 Å². The molecule has 0 aromatic heterocycles. The van der Waals surface area contributed by atoms with Crippen LogP contribution >= 0.6 is 0 Å². The molecule has 0 spiro atoms. The third-order valence-electron chi connectivity index (χ3n) is 3.41. The van der Waals surface area contributed by atoms with Gasteiger partial charge in [-0.05, 0) is 26.0 Å². The highest BCUT2D eigenvalue weighted by Crippen LogP contribution is 2.29. The number of benzene rings is 1. The second-order valence-corrected chi connectivity index (χ2v) is 4.94. The second-order valence-electron chi connectivity index (χ2n) is 4.94. The molecule has 2 unspecified atom stereocenters. The summed E-state index contributed by atoms with van der Waals surface area (Å²) < 4.78 is 10.9. The van der Waals surface area contributed by atoms with Gasteiger partial charge < -0.3 is 20.1 Å². The monoisotopic (exact) mass is 263 g/mol. The standard InChI is InChI=1S/C14H21N3O2/c1-9-8-19-10(2)7-17(9)13-6-11(18-3)4-5-12(13)14(15)16/h4-6,9-10H,7-8H2,1-3H3,(H3,15,16). The third-order valence-corrected chi connectivity index (χ3v) is 3.41. The van der Waals surface area contributed by atoms with E-state index in [1.807, 2.05) is 25.1 Å². The van der Waals surface area contributed by atoms with E-state index in [9.17, 15) is 0 Å². The summed E-state index contributed by atoms with van der Waals surface area (Å²) in [5, 5.41) is 7.72. The summed E-state index contributed by atoms with van der Waals surface area (Å²) >= 11 is 0. The number of nitrogens with zero attached hydrogens (tertiary/aromatic N) is 1. The van der Waals surface area contributed by atoms with Crippen LogP contribution in [0.2, 0.25) is 0 Å². The molecule has 1 aliphatic heterocycles. The summed E-state index contributed by atoms with van der Waals surface area (Å²) in [7, 11) is 1.64. The fraction of sp³-hybridized carbons (Fsp3) is 0.500. The summed E-state index contributed by atoms with van der Waals surface area (Å²) in [6, 6.07) is 5.85. The van der Waals surface area contributed by atoms with Crippen molar-refractivity contribution in [3.63, 3.8) is 0 Å². The van der Waals surface area contributed by atoms with Crippen molar-refractivity contribution >= 4 is 11.5 Å². The van der Waals surface area contributed by atoms with Crippen molar-refractivity contribution in [1.29, 1.82) is 5.41 Å². The Kier molecular flexibility index (Phi) is 3.95. The van der Waals surface area contributed by atoms with Crippen LogP contribution in [-0.2, 0) is 4.74 Å². The largest absolute Gasteiger partial charge is 0.497 e. The van der Waals surface area contributed by atoms with Gasteiger partial charge in [-0.3, -0.25) is 5.41 Å². The van der Waals surface area contributed by atoms with E-state index < -0.39 is 0 Å². The minimum absolute atomic E-state index is 0.0731. The zero-order valence-corrected chi connectivity index (χ0v) is 11.6. The van der Waals surface area contributed by atoms with Gasteiger partial charge in [0.2, 0.25) is 0 Å². The molecule has 3 N–H and O–H groups in total.